The van der Waals surface area contributed by atoms with Gasteiger partial charge in [-0.25, -0.2) is 4.98 Å². The van der Waals surface area contributed by atoms with Crippen LogP contribution in [0.15, 0.2) is 59.7 Å². The molecular formula is C22H24N4O2. The molecule has 1 aliphatic rings. The van der Waals surface area contributed by atoms with Crippen LogP contribution in [0.1, 0.15) is 40.7 Å². The lowest BCUT2D eigenvalue weighted by molar-refractivity contribution is 0.0949. The maximum absolute atomic E-state index is 12.5. The van der Waals surface area contributed by atoms with E-state index < -0.39 is 5.91 Å². The van der Waals surface area contributed by atoms with Crippen molar-refractivity contribution in [3.8, 4) is 0 Å². The van der Waals surface area contributed by atoms with Crippen molar-refractivity contribution in [2.75, 3.05) is 13.1 Å². The minimum absolute atomic E-state index is 0.0467. The number of carbonyl (C=O) groups is 1. The molecule has 1 aliphatic heterocycles. The number of hydrogen-bond donors (Lipinski definition) is 1. The van der Waals surface area contributed by atoms with E-state index in [1.54, 1.807) is 24.4 Å². The van der Waals surface area contributed by atoms with E-state index >= 15 is 0 Å². The lowest BCUT2D eigenvalue weighted by Gasteiger charge is -2.26. The summed E-state index contributed by atoms with van der Waals surface area (Å²) in [6.45, 7) is 3.70. The molecule has 3 aromatic rings. The molecule has 3 heterocycles. The third-order valence-corrected chi connectivity index (χ3v) is 5.19. The maximum Gasteiger partial charge on any atom is 0.270 e. The molecule has 0 saturated carbocycles. The number of likely N-dealkylation sites (tertiary alicyclic amines) is 1. The van der Waals surface area contributed by atoms with Crippen molar-refractivity contribution in [1.82, 2.24) is 19.6 Å². The van der Waals surface area contributed by atoms with E-state index in [1.165, 1.54) is 48.5 Å². The van der Waals surface area contributed by atoms with Crippen LogP contribution in [0, 0.1) is 0 Å². The Morgan fingerprint density at radius 2 is 1.75 bits per heavy atom. The molecule has 28 heavy (non-hydrogen) atoms. The highest BCUT2D eigenvalue weighted by Gasteiger charge is 2.13. The van der Waals surface area contributed by atoms with Crippen LogP contribution in [0.25, 0.3) is 5.65 Å². The Morgan fingerprint density at radius 1 is 1.00 bits per heavy atom. The molecule has 144 valence electrons. The van der Waals surface area contributed by atoms with E-state index in [0.717, 1.165) is 12.1 Å². The van der Waals surface area contributed by atoms with Gasteiger partial charge in [-0.15, -0.1) is 0 Å². The molecule has 0 spiro atoms. The number of carbonyl (C=O) groups excluding carboxylic acids is 1. The van der Waals surface area contributed by atoms with Crippen LogP contribution in [0.4, 0.5) is 0 Å². The minimum atomic E-state index is -0.409. The first kappa shape index (κ1) is 18.4. The van der Waals surface area contributed by atoms with Gasteiger partial charge in [-0.3, -0.25) is 18.9 Å². The second-order valence-electron chi connectivity index (χ2n) is 7.24. The van der Waals surface area contributed by atoms with Crippen molar-refractivity contribution in [1.29, 1.82) is 0 Å². The summed E-state index contributed by atoms with van der Waals surface area (Å²) in [5.74, 6) is -0.409. The molecule has 0 unspecified atom stereocenters. The van der Waals surface area contributed by atoms with Gasteiger partial charge in [-0.1, -0.05) is 36.8 Å². The molecule has 1 fully saturated rings. The Labute approximate surface area is 163 Å². The standard InChI is InChI=1S/C22H24N4O2/c27-21(19-15-23-20-6-2-5-13-26(20)22(19)28)24-14-17-7-9-18(10-8-17)16-25-11-3-1-4-12-25/h2,5-10,13,15H,1,3-4,11-12,14,16H2,(H,24,27). The normalized spacial score (nSPS) is 14.9. The van der Waals surface area contributed by atoms with Gasteiger partial charge in [0, 0.05) is 25.5 Å². The number of hydrogen-bond acceptors (Lipinski definition) is 4. The number of fused-ring (bicyclic) bond motifs is 1. The SMILES string of the molecule is O=C(NCc1ccc(CN2CCCCC2)cc1)c1cnc2ccccn2c1=O. The van der Waals surface area contributed by atoms with E-state index in [0.29, 0.717) is 12.2 Å². The quantitative estimate of drug-likeness (QED) is 0.743. The summed E-state index contributed by atoms with van der Waals surface area (Å²) in [4.78, 5) is 31.6. The Kier molecular flexibility index (Phi) is 5.48. The average Bonchev–Trinajstić information content (AvgIpc) is 2.74. The van der Waals surface area contributed by atoms with Gasteiger partial charge >= 0.3 is 0 Å². The molecule has 6 nitrogen and oxygen atoms in total. The van der Waals surface area contributed by atoms with Crippen LogP contribution in [-0.4, -0.2) is 33.3 Å². The summed E-state index contributed by atoms with van der Waals surface area (Å²) in [6, 6.07) is 13.6. The molecule has 1 saturated heterocycles. The first-order chi connectivity index (χ1) is 13.7. The van der Waals surface area contributed by atoms with Crippen molar-refractivity contribution in [3.05, 3.63) is 81.9 Å². The lowest BCUT2D eigenvalue weighted by atomic mass is 10.1. The second kappa shape index (κ2) is 8.35. The third kappa shape index (κ3) is 4.12. The second-order valence-corrected chi connectivity index (χ2v) is 7.24. The highest BCUT2D eigenvalue weighted by atomic mass is 16.2. The van der Waals surface area contributed by atoms with Crippen molar-refractivity contribution >= 4 is 11.6 Å². The van der Waals surface area contributed by atoms with Gasteiger partial charge in [0.15, 0.2) is 0 Å². The minimum Gasteiger partial charge on any atom is -0.348 e. The summed E-state index contributed by atoms with van der Waals surface area (Å²) in [6.07, 6.45) is 6.87. The molecule has 4 rings (SSSR count). The molecule has 0 bridgehead atoms. The summed E-state index contributed by atoms with van der Waals surface area (Å²) in [5.41, 5.74) is 2.50. The predicted octanol–water partition coefficient (Wildman–Crippen LogP) is 2.61. The van der Waals surface area contributed by atoms with Crippen molar-refractivity contribution in [3.63, 3.8) is 0 Å². The van der Waals surface area contributed by atoms with Gasteiger partial charge in [-0.2, -0.15) is 0 Å². The zero-order valence-corrected chi connectivity index (χ0v) is 15.8. The highest BCUT2D eigenvalue weighted by Crippen LogP contribution is 2.13. The predicted molar refractivity (Wildman–Crippen MR) is 108 cm³/mol. The van der Waals surface area contributed by atoms with E-state index in [9.17, 15) is 9.59 Å². The number of benzene rings is 1. The average molecular weight is 376 g/mol. The van der Waals surface area contributed by atoms with E-state index in [4.69, 9.17) is 0 Å². The molecular weight excluding hydrogens is 352 g/mol. The molecule has 1 amide bonds. The fourth-order valence-electron chi connectivity index (χ4n) is 3.60. The molecule has 2 aromatic heterocycles. The van der Waals surface area contributed by atoms with Crippen molar-refractivity contribution in [2.45, 2.75) is 32.4 Å². The fraction of sp³-hybridized carbons (Fsp3) is 0.318. The smallest absolute Gasteiger partial charge is 0.270 e. The zero-order valence-electron chi connectivity index (χ0n) is 15.8. The largest absolute Gasteiger partial charge is 0.348 e. The number of piperidine rings is 1. The van der Waals surface area contributed by atoms with E-state index in [-0.39, 0.29) is 11.1 Å². The lowest BCUT2D eigenvalue weighted by Crippen LogP contribution is -2.31. The Balaban J connectivity index is 1.38. The molecule has 1 aromatic carbocycles. The molecule has 1 N–H and O–H groups in total. The van der Waals surface area contributed by atoms with Gasteiger partial charge in [0.2, 0.25) is 0 Å². The van der Waals surface area contributed by atoms with Gasteiger partial charge < -0.3 is 5.32 Å². The molecule has 0 aliphatic carbocycles. The Hall–Kier alpha value is -2.99. The fourth-order valence-corrected chi connectivity index (χ4v) is 3.60. The third-order valence-electron chi connectivity index (χ3n) is 5.19. The number of amides is 1. The van der Waals surface area contributed by atoms with Gasteiger partial charge in [0.25, 0.3) is 11.5 Å². The highest BCUT2D eigenvalue weighted by molar-refractivity contribution is 5.93. The van der Waals surface area contributed by atoms with Crippen molar-refractivity contribution < 1.29 is 4.79 Å². The Bertz CT molecular complexity index is 1020. The molecule has 0 atom stereocenters. The molecule has 6 heteroatoms. The summed E-state index contributed by atoms with van der Waals surface area (Å²) < 4.78 is 1.38. The monoisotopic (exact) mass is 376 g/mol. The number of nitrogens with zero attached hydrogens (tertiary/aromatic N) is 3. The van der Waals surface area contributed by atoms with Crippen LogP contribution < -0.4 is 10.9 Å². The first-order valence-corrected chi connectivity index (χ1v) is 9.75. The van der Waals surface area contributed by atoms with Gasteiger partial charge in [0.05, 0.1) is 0 Å². The first-order valence-electron chi connectivity index (χ1n) is 9.75. The van der Waals surface area contributed by atoms with E-state index in [2.05, 4.69) is 27.3 Å². The number of aromatic nitrogens is 2. The van der Waals surface area contributed by atoms with Crippen LogP contribution in [0.3, 0.4) is 0 Å². The van der Waals surface area contributed by atoms with Crippen molar-refractivity contribution in [2.24, 2.45) is 0 Å². The zero-order chi connectivity index (χ0) is 19.3. The van der Waals surface area contributed by atoms with E-state index in [1.807, 2.05) is 12.1 Å². The maximum atomic E-state index is 12.5. The van der Waals surface area contributed by atoms with Gasteiger partial charge in [-0.05, 0) is 49.2 Å². The van der Waals surface area contributed by atoms with Crippen LogP contribution in [0.2, 0.25) is 0 Å². The summed E-state index contributed by atoms with van der Waals surface area (Å²) >= 11 is 0. The Morgan fingerprint density at radius 3 is 2.54 bits per heavy atom. The van der Waals surface area contributed by atoms with Crippen LogP contribution >= 0.6 is 0 Å². The topological polar surface area (TPSA) is 66.7 Å². The van der Waals surface area contributed by atoms with Gasteiger partial charge in [0.1, 0.15) is 11.2 Å². The molecule has 0 radical (unpaired) electrons. The number of nitrogens with one attached hydrogen (secondary N) is 1. The summed E-state index contributed by atoms with van der Waals surface area (Å²) in [7, 11) is 0. The summed E-state index contributed by atoms with van der Waals surface area (Å²) in [5, 5.41) is 2.82. The van der Waals surface area contributed by atoms with Crippen LogP contribution in [0.5, 0.6) is 0 Å². The number of rotatable bonds is 5. The number of pyridine rings is 1. The van der Waals surface area contributed by atoms with Crippen LogP contribution in [-0.2, 0) is 13.1 Å².